The summed E-state index contributed by atoms with van der Waals surface area (Å²) < 4.78 is 1.82. The Balaban J connectivity index is 2.26. The number of carboxylic acids is 1. The number of anilines is 1. The van der Waals surface area contributed by atoms with Gasteiger partial charge in [-0.15, -0.1) is 0 Å². The van der Waals surface area contributed by atoms with Crippen molar-refractivity contribution in [2.75, 3.05) is 5.73 Å². The van der Waals surface area contributed by atoms with Crippen LogP contribution in [-0.2, 0) is 0 Å². The summed E-state index contributed by atoms with van der Waals surface area (Å²) >= 11 is 0. The first kappa shape index (κ1) is 10.1. The number of rotatable bonds is 2. The molecule has 0 unspecified atom stereocenters. The summed E-state index contributed by atoms with van der Waals surface area (Å²) in [4.78, 5) is 15.4. The van der Waals surface area contributed by atoms with Crippen molar-refractivity contribution in [3.8, 4) is 0 Å². The number of hydrogen-bond acceptors (Lipinski definition) is 3. The minimum atomic E-state index is -0.988. The van der Waals surface area contributed by atoms with Gasteiger partial charge < -0.3 is 15.2 Å². The zero-order chi connectivity index (χ0) is 12.0. The van der Waals surface area contributed by atoms with Gasteiger partial charge in [0, 0.05) is 17.8 Å². The zero-order valence-corrected chi connectivity index (χ0v) is 9.26. The molecule has 88 valence electrons. The van der Waals surface area contributed by atoms with Gasteiger partial charge in [0.05, 0.1) is 5.52 Å². The van der Waals surface area contributed by atoms with Gasteiger partial charge in [0.1, 0.15) is 5.82 Å². The smallest absolute Gasteiger partial charge is 0.356 e. The molecule has 1 aliphatic rings. The van der Waals surface area contributed by atoms with Gasteiger partial charge in [0.2, 0.25) is 0 Å². The van der Waals surface area contributed by atoms with E-state index >= 15 is 0 Å². The fraction of sp³-hybridized carbons (Fsp3) is 0.333. The van der Waals surface area contributed by atoms with Crippen molar-refractivity contribution >= 4 is 17.2 Å². The highest BCUT2D eigenvalue weighted by Gasteiger charge is 2.27. The highest BCUT2D eigenvalue weighted by Crippen LogP contribution is 2.36. The first-order valence-corrected chi connectivity index (χ1v) is 5.67. The molecule has 1 saturated carbocycles. The van der Waals surface area contributed by atoms with Crippen LogP contribution in [0.2, 0.25) is 0 Å². The van der Waals surface area contributed by atoms with Crippen molar-refractivity contribution in [2.45, 2.75) is 25.2 Å². The van der Waals surface area contributed by atoms with Crippen molar-refractivity contribution in [3.63, 3.8) is 0 Å². The Kier molecular flexibility index (Phi) is 2.07. The summed E-state index contributed by atoms with van der Waals surface area (Å²) in [7, 11) is 0. The molecule has 0 spiro atoms. The third-order valence-electron chi connectivity index (χ3n) is 3.36. The van der Waals surface area contributed by atoms with Gasteiger partial charge in [-0.1, -0.05) is 6.42 Å². The first-order valence-electron chi connectivity index (χ1n) is 5.67. The molecule has 2 aromatic rings. The fourth-order valence-corrected chi connectivity index (χ4v) is 2.24. The maximum Gasteiger partial charge on any atom is 0.356 e. The van der Waals surface area contributed by atoms with E-state index < -0.39 is 5.97 Å². The number of aromatic nitrogens is 2. The van der Waals surface area contributed by atoms with Crippen LogP contribution in [0.15, 0.2) is 18.3 Å². The summed E-state index contributed by atoms with van der Waals surface area (Å²) in [5.74, 6) is 0.214. The predicted octanol–water partition coefficient (Wildman–Crippen LogP) is 1.88. The molecule has 2 heterocycles. The molecule has 17 heavy (non-hydrogen) atoms. The lowest BCUT2D eigenvalue weighted by molar-refractivity contribution is 0.0693. The van der Waals surface area contributed by atoms with Crippen LogP contribution in [0.4, 0.5) is 5.69 Å². The van der Waals surface area contributed by atoms with Crippen LogP contribution in [0.25, 0.3) is 5.52 Å². The molecule has 0 amide bonds. The predicted molar refractivity (Wildman–Crippen MR) is 63.2 cm³/mol. The minimum absolute atomic E-state index is 0.118. The average molecular weight is 231 g/mol. The molecule has 1 fully saturated rings. The molecule has 0 atom stereocenters. The number of fused-ring (bicyclic) bond motifs is 1. The second kappa shape index (κ2) is 3.48. The Morgan fingerprint density at radius 3 is 2.82 bits per heavy atom. The second-order valence-electron chi connectivity index (χ2n) is 4.47. The van der Waals surface area contributed by atoms with Crippen LogP contribution >= 0.6 is 0 Å². The number of nitrogens with zero attached hydrogens (tertiary/aromatic N) is 2. The number of carboxylic acid groups (broad SMARTS) is 1. The van der Waals surface area contributed by atoms with E-state index in [-0.39, 0.29) is 5.69 Å². The van der Waals surface area contributed by atoms with Gasteiger partial charge in [-0.2, -0.15) is 0 Å². The van der Waals surface area contributed by atoms with Crippen LogP contribution in [0, 0.1) is 0 Å². The average Bonchev–Trinajstić information content (AvgIpc) is 2.55. The molecular weight excluding hydrogens is 218 g/mol. The van der Waals surface area contributed by atoms with Crippen molar-refractivity contribution < 1.29 is 9.90 Å². The molecule has 0 aliphatic heterocycles. The topological polar surface area (TPSA) is 80.6 Å². The molecule has 0 saturated heterocycles. The highest BCUT2D eigenvalue weighted by atomic mass is 16.4. The number of pyridine rings is 1. The fourth-order valence-electron chi connectivity index (χ4n) is 2.24. The third-order valence-corrected chi connectivity index (χ3v) is 3.36. The number of hydrogen-bond donors (Lipinski definition) is 2. The number of nitrogens with two attached hydrogens (primary N) is 1. The number of aromatic carboxylic acids is 1. The number of nitrogen functional groups attached to an aromatic ring is 1. The summed E-state index contributed by atoms with van der Waals surface area (Å²) in [5.41, 5.74) is 7.10. The lowest BCUT2D eigenvalue weighted by Gasteiger charge is -2.23. The van der Waals surface area contributed by atoms with Crippen LogP contribution in [0.5, 0.6) is 0 Å². The van der Waals surface area contributed by atoms with E-state index in [1.807, 2.05) is 4.40 Å². The van der Waals surface area contributed by atoms with Gasteiger partial charge in [0.15, 0.2) is 5.69 Å². The highest BCUT2D eigenvalue weighted by molar-refractivity contribution is 5.93. The summed E-state index contributed by atoms with van der Waals surface area (Å²) in [6.45, 7) is 0. The second-order valence-corrected chi connectivity index (χ2v) is 4.47. The Morgan fingerprint density at radius 1 is 1.47 bits per heavy atom. The van der Waals surface area contributed by atoms with E-state index in [0.717, 1.165) is 18.7 Å². The number of imidazole rings is 1. The van der Waals surface area contributed by atoms with E-state index in [9.17, 15) is 4.79 Å². The molecule has 0 radical (unpaired) electrons. The molecule has 3 N–H and O–H groups in total. The molecule has 1 aliphatic carbocycles. The van der Waals surface area contributed by atoms with Gasteiger partial charge in [-0.25, -0.2) is 9.78 Å². The van der Waals surface area contributed by atoms with E-state index in [1.54, 1.807) is 18.3 Å². The lowest BCUT2D eigenvalue weighted by Crippen LogP contribution is -2.12. The van der Waals surface area contributed by atoms with Gasteiger partial charge in [0.25, 0.3) is 0 Å². The molecule has 0 bridgehead atoms. The van der Waals surface area contributed by atoms with E-state index in [4.69, 9.17) is 10.8 Å². The third kappa shape index (κ3) is 1.46. The monoisotopic (exact) mass is 231 g/mol. The minimum Gasteiger partial charge on any atom is -0.476 e. The Labute approximate surface area is 97.9 Å². The SMILES string of the molecule is Nc1ccc2c(C(=O)O)nc(C3CCC3)n2c1. The molecular formula is C12H13N3O2. The molecule has 0 aromatic carbocycles. The van der Waals surface area contributed by atoms with Crippen LogP contribution in [0.1, 0.15) is 41.5 Å². The zero-order valence-electron chi connectivity index (χ0n) is 9.26. The molecule has 2 aromatic heterocycles. The Morgan fingerprint density at radius 2 is 2.24 bits per heavy atom. The summed E-state index contributed by atoms with van der Waals surface area (Å²) in [5, 5.41) is 9.13. The van der Waals surface area contributed by atoms with E-state index in [1.165, 1.54) is 6.42 Å². The summed E-state index contributed by atoms with van der Waals surface area (Å²) in [6.07, 6.45) is 5.09. The van der Waals surface area contributed by atoms with Crippen molar-refractivity contribution in [1.82, 2.24) is 9.38 Å². The van der Waals surface area contributed by atoms with Crippen molar-refractivity contribution in [3.05, 3.63) is 29.8 Å². The van der Waals surface area contributed by atoms with Crippen LogP contribution < -0.4 is 5.73 Å². The van der Waals surface area contributed by atoms with Gasteiger partial charge in [-0.3, -0.25) is 0 Å². The molecule has 3 rings (SSSR count). The maximum absolute atomic E-state index is 11.1. The van der Waals surface area contributed by atoms with Crippen molar-refractivity contribution in [2.24, 2.45) is 0 Å². The van der Waals surface area contributed by atoms with Crippen LogP contribution in [0.3, 0.4) is 0 Å². The molecule has 5 nitrogen and oxygen atoms in total. The van der Waals surface area contributed by atoms with Gasteiger partial charge in [-0.05, 0) is 25.0 Å². The Hall–Kier alpha value is -2.04. The normalized spacial score (nSPS) is 16.0. The quantitative estimate of drug-likeness (QED) is 0.826. The maximum atomic E-state index is 11.1. The van der Waals surface area contributed by atoms with Gasteiger partial charge >= 0.3 is 5.97 Å². The molecule has 5 heteroatoms. The number of carbonyl (C=O) groups is 1. The van der Waals surface area contributed by atoms with Crippen molar-refractivity contribution in [1.29, 1.82) is 0 Å². The standard InChI is InChI=1S/C12H13N3O2/c13-8-4-5-9-10(12(16)17)14-11(15(9)6-8)7-2-1-3-7/h4-7H,1-3,13H2,(H,16,17). The summed E-state index contributed by atoms with van der Waals surface area (Å²) in [6, 6.07) is 3.42. The first-order chi connectivity index (χ1) is 8.16. The van der Waals surface area contributed by atoms with Crippen LogP contribution in [-0.4, -0.2) is 20.5 Å². The largest absolute Gasteiger partial charge is 0.476 e. The van der Waals surface area contributed by atoms with E-state index in [2.05, 4.69) is 4.98 Å². The Bertz CT molecular complexity index is 599. The van der Waals surface area contributed by atoms with E-state index in [0.29, 0.717) is 17.1 Å². The lowest BCUT2D eigenvalue weighted by atomic mass is 9.85.